The molecule has 0 fully saturated rings. The van der Waals surface area contributed by atoms with Crippen molar-refractivity contribution in [3.63, 3.8) is 0 Å². The molecule has 0 saturated heterocycles. The van der Waals surface area contributed by atoms with E-state index in [4.69, 9.17) is 14.5 Å². The van der Waals surface area contributed by atoms with Gasteiger partial charge in [-0.05, 0) is 13.8 Å². The lowest BCUT2D eigenvalue weighted by atomic mass is 10.5. The summed E-state index contributed by atoms with van der Waals surface area (Å²) >= 11 is 0. The zero-order valence-corrected chi connectivity index (χ0v) is 13.4. The van der Waals surface area contributed by atoms with Crippen LogP contribution in [0.15, 0.2) is 0 Å². The van der Waals surface area contributed by atoms with Crippen molar-refractivity contribution in [3.8, 4) is 0 Å². The average molecular weight is 334 g/mol. The van der Waals surface area contributed by atoms with E-state index < -0.39 is 20.2 Å². The van der Waals surface area contributed by atoms with Crippen molar-refractivity contribution in [2.75, 3.05) is 49.6 Å². The maximum atomic E-state index is 9.43. The lowest BCUT2D eigenvalue weighted by molar-refractivity contribution is 0.0173. The highest BCUT2D eigenvalue weighted by molar-refractivity contribution is 5.42. The second-order valence-electron chi connectivity index (χ2n) is 4.31. The molecule has 12 heteroatoms. The largest absolute Gasteiger partial charge is 0.374 e. The van der Waals surface area contributed by atoms with Gasteiger partial charge in [0, 0.05) is 0 Å². The first-order chi connectivity index (χ1) is 11.0. The van der Waals surface area contributed by atoms with Gasteiger partial charge in [-0.3, -0.25) is 14.5 Å². The zero-order valence-electron chi connectivity index (χ0n) is 13.4. The first-order valence-electron chi connectivity index (χ1n) is 6.66. The van der Waals surface area contributed by atoms with Crippen LogP contribution in [0, 0.1) is 0 Å². The predicted molar refractivity (Wildman–Crippen MR) is 78.8 cm³/mol. The van der Waals surface area contributed by atoms with Crippen LogP contribution in [0.3, 0.4) is 0 Å². The molecule has 0 unspecified atom stereocenters. The van der Waals surface area contributed by atoms with E-state index in [-0.39, 0.29) is 23.9 Å². The molecule has 0 aliphatic rings. The average Bonchev–Trinajstić information content (AvgIpc) is 2.54. The Hall–Kier alpha value is -1.83. The summed E-state index contributed by atoms with van der Waals surface area (Å²) in [6.45, 7) is 1.93. The van der Waals surface area contributed by atoms with Gasteiger partial charge in [-0.15, -0.1) is 0 Å². The van der Waals surface area contributed by atoms with Crippen LogP contribution in [0.25, 0.3) is 0 Å². The first kappa shape index (κ1) is 19.2. The minimum atomic E-state index is -0.532. The number of hydroxylamine groups is 3. The third-order valence-corrected chi connectivity index (χ3v) is 2.43. The molecule has 132 valence electrons. The predicted octanol–water partition coefficient (Wildman–Crippen LogP) is -1.40. The number of nitrogens with zero attached hydrogens (tertiary/aromatic N) is 6. The van der Waals surface area contributed by atoms with Crippen LogP contribution in [0.2, 0.25) is 0 Å². The topological polar surface area (TPSA) is 137 Å². The van der Waals surface area contributed by atoms with Gasteiger partial charge in [0.1, 0.15) is 20.2 Å². The Balaban J connectivity index is 3.31. The molecule has 0 aliphatic carbocycles. The zero-order chi connectivity index (χ0) is 17.4. The highest BCUT2D eigenvalue weighted by Crippen LogP contribution is 2.19. The number of aliphatic hydroxyl groups excluding tert-OH is 3. The van der Waals surface area contributed by atoms with Gasteiger partial charge in [-0.25, -0.2) is 0 Å². The number of hydrogen-bond acceptors (Lipinski definition) is 12. The molecular weight excluding hydrogens is 312 g/mol. The molecule has 0 aliphatic heterocycles. The van der Waals surface area contributed by atoms with Crippen LogP contribution in [-0.2, 0) is 14.5 Å². The van der Waals surface area contributed by atoms with Crippen LogP contribution in [0.5, 0.6) is 0 Å². The summed E-state index contributed by atoms with van der Waals surface area (Å²) in [6.07, 6.45) is -0.251. The van der Waals surface area contributed by atoms with Crippen molar-refractivity contribution in [1.82, 2.24) is 15.0 Å². The summed E-state index contributed by atoms with van der Waals surface area (Å²) in [4.78, 5) is 27.3. The summed E-state index contributed by atoms with van der Waals surface area (Å²) in [5.74, 6) is -0.209. The van der Waals surface area contributed by atoms with Crippen molar-refractivity contribution in [3.05, 3.63) is 0 Å². The first-order valence-corrected chi connectivity index (χ1v) is 6.66. The molecule has 0 spiro atoms. The molecule has 1 aromatic rings. The van der Waals surface area contributed by atoms with Crippen molar-refractivity contribution < 1.29 is 29.8 Å². The highest BCUT2D eigenvalue weighted by atomic mass is 16.7. The molecule has 0 radical (unpaired) electrons. The molecule has 0 saturated carbocycles. The summed E-state index contributed by atoms with van der Waals surface area (Å²) < 4.78 is 0. The normalized spacial score (nSPS) is 11.0. The van der Waals surface area contributed by atoms with Crippen molar-refractivity contribution in [2.45, 2.75) is 20.0 Å². The Morgan fingerprint density at radius 2 is 1.13 bits per heavy atom. The van der Waals surface area contributed by atoms with Gasteiger partial charge >= 0.3 is 0 Å². The minimum absolute atomic E-state index is 0.0628. The van der Waals surface area contributed by atoms with Crippen molar-refractivity contribution in [2.24, 2.45) is 0 Å². The lowest BCUT2D eigenvalue weighted by Crippen LogP contribution is -2.33. The standard InChI is InChI=1S/C11H22N6O6/c1-8(2)23-17(7-20)11-13-9(15(5-18)21-3)12-10(14-11)16(6-19)22-4/h8,18-20H,5-7H2,1-4H3. The molecule has 1 heterocycles. The highest BCUT2D eigenvalue weighted by Gasteiger charge is 2.21. The third kappa shape index (κ3) is 5.09. The smallest absolute Gasteiger partial charge is 0.258 e. The van der Waals surface area contributed by atoms with Gasteiger partial charge in [-0.2, -0.15) is 30.1 Å². The van der Waals surface area contributed by atoms with E-state index in [1.807, 2.05) is 0 Å². The van der Waals surface area contributed by atoms with Crippen LogP contribution in [0.1, 0.15) is 13.8 Å². The maximum absolute atomic E-state index is 9.43. The molecule has 0 aromatic carbocycles. The number of hydrogen-bond donors (Lipinski definition) is 3. The maximum Gasteiger partial charge on any atom is 0.258 e. The fourth-order valence-corrected chi connectivity index (χ4v) is 1.48. The molecule has 0 amide bonds. The number of rotatable bonds is 10. The summed E-state index contributed by atoms with van der Waals surface area (Å²) in [5, 5.41) is 30.9. The van der Waals surface area contributed by atoms with E-state index in [0.29, 0.717) is 0 Å². The lowest BCUT2D eigenvalue weighted by Gasteiger charge is -2.25. The number of aromatic nitrogens is 3. The van der Waals surface area contributed by atoms with E-state index >= 15 is 0 Å². The van der Waals surface area contributed by atoms with Crippen molar-refractivity contribution in [1.29, 1.82) is 0 Å². The monoisotopic (exact) mass is 334 g/mol. The van der Waals surface area contributed by atoms with E-state index in [1.54, 1.807) is 13.8 Å². The van der Waals surface area contributed by atoms with Crippen LogP contribution >= 0.6 is 0 Å². The molecule has 1 rings (SSSR count). The number of anilines is 3. The fourth-order valence-electron chi connectivity index (χ4n) is 1.48. The van der Waals surface area contributed by atoms with Gasteiger partial charge < -0.3 is 15.3 Å². The molecule has 23 heavy (non-hydrogen) atoms. The summed E-state index contributed by atoms with van der Waals surface area (Å²) in [6, 6.07) is 0. The van der Waals surface area contributed by atoms with Gasteiger partial charge in [0.25, 0.3) is 17.8 Å². The second kappa shape index (κ2) is 9.34. The summed E-state index contributed by atoms with van der Waals surface area (Å²) in [7, 11) is 2.63. The van der Waals surface area contributed by atoms with Crippen LogP contribution in [0.4, 0.5) is 17.8 Å². The Kier molecular flexibility index (Phi) is 7.80. The fraction of sp³-hybridized carbons (Fsp3) is 0.727. The molecule has 12 nitrogen and oxygen atoms in total. The van der Waals surface area contributed by atoms with Crippen LogP contribution in [-0.4, -0.2) is 70.8 Å². The van der Waals surface area contributed by atoms with Crippen molar-refractivity contribution >= 4 is 17.8 Å². The van der Waals surface area contributed by atoms with Gasteiger partial charge in [-0.1, -0.05) is 0 Å². The molecule has 1 aromatic heterocycles. The number of aliphatic hydroxyl groups is 3. The Morgan fingerprint density at radius 3 is 1.39 bits per heavy atom. The third-order valence-electron chi connectivity index (χ3n) is 2.43. The minimum Gasteiger partial charge on any atom is -0.374 e. The molecule has 0 atom stereocenters. The van der Waals surface area contributed by atoms with Crippen LogP contribution < -0.4 is 15.2 Å². The quantitative estimate of drug-likeness (QED) is 0.343. The molecule has 3 N–H and O–H groups in total. The summed E-state index contributed by atoms with van der Waals surface area (Å²) in [5.41, 5.74) is 0. The Labute approximate surface area is 133 Å². The SMILES string of the molecule is CON(CO)c1nc(N(CO)OC)nc(N(CO)OC(C)C)n1. The second-order valence-corrected chi connectivity index (χ2v) is 4.31. The van der Waals surface area contributed by atoms with Gasteiger partial charge in [0.15, 0.2) is 0 Å². The molecular formula is C11H22N6O6. The van der Waals surface area contributed by atoms with E-state index in [1.165, 1.54) is 14.2 Å². The van der Waals surface area contributed by atoms with Gasteiger partial charge in [0.05, 0.1) is 20.3 Å². The van der Waals surface area contributed by atoms with E-state index in [0.717, 1.165) is 15.2 Å². The van der Waals surface area contributed by atoms with E-state index in [9.17, 15) is 15.3 Å². The van der Waals surface area contributed by atoms with E-state index in [2.05, 4.69) is 15.0 Å². The Morgan fingerprint density at radius 1 is 0.783 bits per heavy atom. The molecule has 0 bridgehead atoms. The Bertz CT molecular complexity index is 440. The van der Waals surface area contributed by atoms with Gasteiger partial charge in [0.2, 0.25) is 0 Å².